The maximum Gasteiger partial charge on any atom is 0.332 e. The minimum absolute atomic E-state index is 0.142. The van der Waals surface area contributed by atoms with Crippen molar-refractivity contribution < 1.29 is 4.74 Å². The molecule has 0 amide bonds. The van der Waals surface area contributed by atoms with Crippen LogP contribution < -0.4 is 11.2 Å². The molecule has 1 saturated heterocycles. The molecule has 0 radical (unpaired) electrons. The molecule has 0 unspecified atom stereocenters. The Balaban J connectivity index is 1.69. The van der Waals surface area contributed by atoms with Crippen molar-refractivity contribution in [1.29, 1.82) is 0 Å². The second-order valence-electron chi connectivity index (χ2n) is 7.83. The Morgan fingerprint density at radius 2 is 2.10 bits per heavy atom. The lowest BCUT2D eigenvalue weighted by molar-refractivity contribution is 0.0974. The van der Waals surface area contributed by atoms with Crippen LogP contribution in [0.2, 0.25) is 5.02 Å². The van der Waals surface area contributed by atoms with Gasteiger partial charge in [-0.15, -0.1) is 0 Å². The fraction of sp³-hybridized carbons (Fsp3) is 0.381. The molecule has 0 aliphatic carbocycles. The van der Waals surface area contributed by atoms with E-state index in [1.807, 2.05) is 19.2 Å². The summed E-state index contributed by atoms with van der Waals surface area (Å²) >= 11 is 6.07. The number of rotatable bonds is 4. The molecule has 4 heterocycles. The van der Waals surface area contributed by atoms with E-state index >= 15 is 0 Å². The highest BCUT2D eigenvalue weighted by Crippen LogP contribution is 2.20. The molecule has 30 heavy (non-hydrogen) atoms. The van der Waals surface area contributed by atoms with Gasteiger partial charge in [0.2, 0.25) is 5.78 Å². The summed E-state index contributed by atoms with van der Waals surface area (Å²) in [6, 6.07) is 7.16. The molecule has 1 atom stereocenters. The Hall–Kier alpha value is -2.84. The van der Waals surface area contributed by atoms with E-state index < -0.39 is 5.69 Å². The molecule has 1 aliphatic rings. The smallest absolute Gasteiger partial charge is 0.332 e. The third kappa shape index (κ3) is 2.98. The van der Waals surface area contributed by atoms with Crippen molar-refractivity contribution in [2.75, 3.05) is 6.61 Å². The number of ether oxygens (including phenoxy) is 1. The van der Waals surface area contributed by atoms with Gasteiger partial charge in [0.1, 0.15) is 0 Å². The molecule has 1 aliphatic heterocycles. The molecular weight excluding hydrogens is 406 g/mol. The average molecular weight is 428 g/mol. The van der Waals surface area contributed by atoms with Crippen LogP contribution in [0.15, 0.2) is 40.1 Å². The maximum atomic E-state index is 13.4. The van der Waals surface area contributed by atoms with Gasteiger partial charge in [0.05, 0.1) is 19.2 Å². The van der Waals surface area contributed by atoms with E-state index in [1.54, 1.807) is 29.6 Å². The van der Waals surface area contributed by atoms with Crippen molar-refractivity contribution in [2.24, 2.45) is 7.05 Å². The van der Waals surface area contributed by atoms with E-state index in [2.05, 4.69) is 9.55 Å². The number of aromatic nitrogens is 5. The van der Waals surface area contributed by atoms with E-state index in [1.165, 1.54) is 9.13 Å². The molecule has 8 nitrogen and oxygen atoms in total. The molecule has 9 heteroatoms. The molecule has 1 fully saturated rings. The SMILES string of the molecule is Cc1cn2c3c(=O)n(Cc4cccc(Cl)c4)c(=O)n(C)c3nc2n1C[C@@H]1CCCO1. The number of hydrogen-bond acceptors (Lipinski definition) is 4. The molecule has 0 N–H and O–H groups in total. The van der Waals surface area contributed by atoms with Gasteiger partial charge in [0, 0.05) is 30.6 Å². The zero-order valence-electron chi connectivity index (χ0n) is 16.8. The Morgan fingerprint density at radius 3 is 2.83 bits per heavy atom. The molecule has 3 aromatic heterocycles. The number of hydrogen-bond donors (Lipinski definition) is 0. The van der Waals surface area contributed by atoms with Gasteiger partial charge < -0.3 is 9.30 Å². The predicted octanol–water partition coefficient (Wildman–Crippen LogP) is 2.34. The highest BCUT2D eigenvalue weighted by atomic mass is 35.5. The van der Waals surface area contributed by atoms with Gasteiger partial charge in [-0.3, -0.25) is 18.3 Å². The van der Waals surface area contributed by atoms with Crippen LogP contribution in [0, 0.1) is 6.92 Å². The van der Waals surface area contributed by atoms with Crippen LogP contribution in [0.5, 0.6) is 0 Å². The molecule has 0 spiro atoms. The number of benzene rings is 1. The number of aryl methyl sites for hydroxylation is 2. The second-order valence-corrected chi connectivity index (χ2v) is 8.27. The molecule has 156 valence electrons. The number of fused-ring (bicyclic) bond motifs is 3. The summed E-state index contributed by atoms with van der Waals surface area (Å²) in [6.07, 6.45) is 4.10. The normalized spacial score (nSPS) is 16.8. The highest BCUT2D eigenvalue weighted by Gasteiger charge is 2.23. The molecular formula is C21H22ClN5O3. The monoisotopic (exact) mass is 427 g/mol. The molecule has 0 bridgehead atoms. The van der Waals surface area contributed by atoms with Gasteiger partial charge in [0.15, 0.2) is 11.2 Å². The third-order valence-corrected chi connectivity index (χ3v) is 6.02. The van der Waals surface area contributed by atoms with Crippen LogP contribution in [-0.4, -0.2) is 35.8 Å². The van der Waals surface area contributed by atoms with Crippen molar-refractivity contribution in [3.8, 4) is 0 Å². The number of halogens is 1. The standard InChI is InChI=1S/C21H22ClN5O3/c1-13-10-26-17-18(23-20(26)25(13)12-16-7-4-8-30-16)24(2)21(29)27(19(17)28)11-14-5-3-6-15(22)9-14/h3,5-6,9-10,16H,4,7-8,11-12H2,1-2H3/t16-/m0/s1. The zero-order chi connectivity index (χ0) is 21.0. The lowest BCUT2D eigenvalue weighted by Crippen LogP contribution is -2.39. The van der Waals surface area contributed by atoms with Crippen LogP contribution in [0.4, 0.5) is 0 Å². The largest absolute Gasteiger partial charge is 0.376 e. The van der Waals surface area contributed by atoms with Gasteiger partial charge in [-0.25, -0.2) is 4.79 Å². The lowest BCUT2D eigenvalue weighted by atomic mass is 10.2. The zero-order valence-corrected chi connectivity index (χ0v) is 17.6. The lowest BCUT2D eigenvalue weighted by Gasteiger charge is -2.11. The Kier molecular flexibility index (Phi) is 4.56. The van der Waals surface area contributed by atoms with Crippen LogP contribution >= 0.6 is 11.6 Å². The Bertz CT molecular complexity index is 1390. The van der Waals surface area contributed by atoms with E-state index in [9.17, 15) is 9.59 Å². The van der Waals surface area contributed by atoms with Gasteiger partial charge >= 0.3 is 5.69 Å². The van der Waals surface area contributed by atoms with Gasteiger partial charge in [0.25, 0.3) is 5.56 Å². The Morgan fingerprint density at radius 1 is 1.27 bits per heavy atom. The first-order valence-electron chi connectivity index (χ1n) is 9.98. The highest BCUT2D eigenvalue weighted by molar-refractivity contribution is 6.30. The van der Waals surface area contributed by atoms with Gasteiger partial charge in [-0.2, -0.15) is 4.98 Å². The fourth-order valence-corrected chi connectivity index (χ4v) is 4.44. The quantitative estimate of drug-likeness (QED) is 0.501. The summed E-state index contributed by atoms with van der Waals surface area (Å²) in [5.41, 5.74) is 1.77. The van der Waals surface area contributed by atoms with Crippen LogP contribution in [-0.2, 0) is 24.9 Å². The summed E-state index contributed by atoms with van der Waals surface area (Å²) in [5.74, 6) is 0.644. The van der Waals surface area contributed by atoms with Crippen LogP contribution in [0.1, 0.15) is 24.1 Å². The first-order chi connectivity index (χ1) is 14.4. The minimum Gasteiger partial charge on any atom is -0.376 e. The topological polar surface area (TPSA) is 75.5 Å². The number of imidazole rings is 2. The Labute approximate surface area is 176 Å². The van der Waals surface area contributed by atoms with Crippen molar-refractivity contribution in [1.82, 2.24) is 23.1 Å². The molecule has 0 saturated carbocycles. The first-order valence-corrected chi connectivity index (χ1v) is 10.4. The van der Waals surface area contributed by atoms with Crippen molar-refractivity contribution in [3.05, 3.63) is 67.6 Å². The third-order valence-electron chi connectivity index (χ3n) is 5.78. The van der Waals surface area contributed by atoms with Crippen molar-refractivity contribution in [3.63, 3.8) is 0 Å². The summed E-state index contributed by atoms with van der Waals surface area (Å²) in [4.78, 5) is 31.0. The van der Waals surface area contributed by atoms with Gasteiger partial charge in [-0.1, -0.05) is 23.7 Å². The number of nitrogens with zero attached hydrogens (tertiary/aromatic N) is 5. The van der Waals surface area contributed by atoms with E-state index in [-0.39, 0.29) is 18.2 Å². The van der Waals surface area contributed by atoms with Crippen LogP contribution in [0.3, 0.4) is 0 Å². The van der Waals surface area contributed by atoms with Crippen molar-refractivity contribution in [2.45, 2.75) is 39.0 Å². The molecule has 5 rings (SSSR count). The van der Waals surface area contributed by atoms with E-state index in [4.69, 9.17) is 16.3 Å². The minimum atomic E-state index is -0.407. The van der Waals surface area contributed by atoms with E-state index in [0.29, 0.717) is 28.5 Å². The summed E-state index contributed by atoms with van der Waals surface area (Å²) in [6.45, 7) is 3.59. The molecule has 1 aromatic carbocycles. The van der Waals surface area contributed by atoms with Crippen LogP contribution in [0.25, 0.3) is 16.9 Å². The predicted molar refractivity (Wildman–Crippen MR) is 114 cm³/mol. The fourth-order valence-electron chi connectivity index (χ4n) is 4.23. The average Bonchev–Trinajstić information content (AvgIpc) is 3.42. The van der Waals surface area contributed by atoms with Crippen molar-refractivity contribution >= 4 is 28.5 Å². The second kappa shape index (κ2) is 7.14. The van der Waals surface area contributed by atoms with Gasteiger partial charge in [-0.05, 0) is 37.5 Å². The summed E-state index contributed by atoms with van der Waals surface area (Å²) in [7, 11) is 1.64. The maximum absolute atomic E-state index is 13.4. The van der Waals surface area contributed by atoms with E-state index in [0.717, 1.165) is 30.7 Å². The molecule has 4 aromatic rings. The summed E-state index contributed by atoms with van der Waals surface area (Å²) < 4.78 is 12.3. The first kappa shape index (κ1) is 19.1. The summed E-state index contributed by atoms with van der Waals surface area (Å²) in [5, 5.41) is 0.562.